The first kappa shape index (κ1) is 73.4. The van der Waals surface area contributed by atoms with Crippen LogP contribution in [0.1, 0.15) is 105 Å². The number of fused-ring (bicyclic) bond motifs is 4. The quantitative estimate of drug-likeness (QED) is 0.0536. The minimum absolute atomic E-state index is 0.136. The van der Waals surface area contributed by atoms with Gasteiger partial charge in [0.25, 0.3) is 46.0 Å². The van der Waals surface area contributed by atoms with Gasteiger partial charge in [-0.1, -0.05) is 112 Å². The number of hydrogen-bond acceptors (Lipinski definition) is 10. The maximum atomic E-state index is 12.9. The van der Waals surface area contributed by atoms with Crippen LogP contribution in [0.3, 0.4) is 0 Å². The second kappa shape index (κ2) is 30.8. The van der Waals surface area contributed by atoms with Crippen molar-refractivity contribution in [2.75, 3.05) is 29.5 Å². The van der Waals surface area contributed by atoms with Crippen molar-refractivity contribution < 1.29 is 38.5 Å². The average Bonchev–Trinajstić information content (AvgIpc) is 1.57. The molecule has 0 saturated carbocycles. The minimum Gasteiger partial charge on any atom is -0.356 e. The first-order valence-corrected chi connectivity index (χ1v) is 39.9. The summed E-state index contributed by atoms with van der Waals surface area (Å²) in [6, 6.07) is 59.4. The molecule has 4 aliphatic carbocycles. The normalized spacial score (nSPS) is 13.2. The van der Waals surface area contributed by atoms with Gasteiger partial charge < -0.3 is 10.6 Å². The van der Waals surface area contributed by atoms with E-state index in [0.717, 1.165) is 90.7 Å². The number of rotatable bonds is 16. The Labute approximate surface area is 612 Å². The van der Waals surface area contributed by atoms with Crippen LogP contribution >= 0.6 is 27.5 Å². The lowest BCUT2D eigenvalue weighted by Gasteiger charge is -2.15. The Hall–Kier alpha value is -9.80. The van der Waals surface area contributed by atoms with Crippen molar-refractivity contribution in [2.24, 2.45) is 0 Å². The summed E-state index contributed by atoms with van der Waals surface area (Å²) >= 11 is 9.12. The molecule has 0 heterocycles. The van der Waals surface area contributed by atoms with Gasteiger partial charge in [-0.15, -0.1) is 0 Å². The summed E-state index contributed by atoms with van der Waals surface area (Å²) in [6.07, 6.45) is 11.5. The second-order valence-electron chi connectivity index (χ2n) is 25.2. The Morgan fingerprint density at radius 2 is 0.608 bits per heavy atom. The molecule has 0 aliphatic heterocycles. The molecule has 0 spiro atoms. The third-order valence-electron chi connectivity index (χ3n) is 18.0. The lowest BCUT2D eigenvalue weighted by molar-refractivity contribution is 0.102. The molecule has 6 N–H and O–H groups in total. The molecule has 0 saturated heterocycles. The Morgan fingerprint density at radius 1 is 0.333 bits per heavy atom. The van der Waals surface area contributed by atoms with Crippen LogP contribution in [0, 0.1) is 27.7 Å². The van der Waals surface area contributed by atoms with E-state index in [1.807, 2.05) is 106 Å². The van der Waals surface area contributed by atoms with Crippen LogP contribution in [-0.2, 0) is 65.8 Å². The highest BCUT2D eigenvalue weighted by Gasteiger charge is 2.27. The van der Waals surface area contributed by atoms with Crippen molar-refractivity contribution in [3.63, 3.8) is 0 Å². The molecule has 0 unspecified atom stereocenters. The smallest absolute Gasteiger partial charge is 0.261 e. The van der Waals surface area contributed by atoms with Crippen LogP contribution in [0.5, 0.6) is 0 Å². The molecular formula is C81H76BrClN6O9S4. The van der Waals surface area contributed by atoms with E-state index in [0.29, 0.717) is 45.4 Å². The van der Waals surface area contributed by atoms with Crippen LogP contribution in [0.15, 0.2) is 255 Å². The van der Waals surface area contributed by atoms with Crippen LogP contribution < -0.4 is 29.5 Å². The SMILES string of the molecule is CC1=CCc2c(NS(=O)(=O)c3ccc(Br)cc3)ccc(C)c21.CC1=CCc2c(NS(=O)(=O)c3ccc(Cl)cc3)ccc(C)c21.CC1=CCc2c(NS(=O)(=O)c3ccc(NC(=O)c4ccccc4)cc3)ccc(C)c21.CC1=CCc2c(NS(=O)(=O)c3ccc(Nc4ccccc4)cc3)ccc(C)c21. The van der Waals surface area contributed by atoms with E-state index in [4.69, 9.17) is 11.6 Å². The summed E-state index contributed by atoms with van der Waals surface area (Å²) in [5.41, 5.74) is 23.5. The first-order chi connectivity index (χ1) is 48.5. The predicted molar refractivity (Wildman–Crippen MR) is 420 cm³/mol. The molecule has 4 aliphatic rings. The summed E-state index contributed by atoms with van der Waals surface area (Å²) in [5.74, 6) is -0.248. The Morgan fingerprint density at radius 3 is 0.931 bits per heavy atom. The lowest BCUT2D eigenvalue weighted by Crippen LogP contribution is -2.15. The molecule has 14 rings (SSSR count). The molecule has 522 valence electrons. The van der Waals surface area contributed by atoms with E-state index in [1.54, 1.807) is 97.1 Å². The van der Waals surface area contributed by atoms with E-state index in [1.165, 1.54) is 57.7 Å². The fraction of sp³-hybridized carbons (Fsp3) is 0.148. The molecule has 1 amide bonds. The van der Waals surface area contributed by atoms with Gasteiger partial charge >= 0.3 is 0 Å². The van der Waals surface area contributed by atoms with Crippen molar-refractivity contribution >= 4 is 136 Å². The third kappa shape index (κ3) is 16.9. The maximum Gasteiger partial charge on any atom is 0.261 e. The van der Waals surface area contributed by atoms with E-state index in [-0.39, 0.29) is 25.5 Å². The van der Waals surface area contributed by atoms with Crippen LogP contribution in [0.25, 0.3) is 22.3 Å². The predicted octanol–water partition coefficient (Wildman–Crippen LogP) is 19.4. The zero-order chi connectivity index (χ0) is 72.8. The molecule has 0 fully saturated rings. The van der Waals surface area contributed by atoms with Crippen molar-refractivity contribution in [2.45, 2.75) is 101 Å². The fourth-order valence-electron chi connectivity index (χ4n) is 12.9. The number of halogens is 2. The average molecular weight is 1520 g/mol. The summed E-state index contributed by atoms with van der Waals surface area (Å²) in [4.78, 5) is 13.1. The van der Waals surface area contributed by atoms with Gasteiger partial charge in [-0.2, -0.15) is 0 Å². The standard InChI is InChI=1S/C24H22N2O3S.C23H22N2O2S.C17H16BrNO2S.C17H16ClNO2S/c1-16-8-14-21-22(15-9-17(2)23(16)21)26-30(28,29)20-12-10-19(11-13-20)25-24(27)18-6-4-3-5-7-18;1-16-8-14-21-22(15-9-17(2)23(16)21)25-28(26,27)20-12-10-19(11-13-20)24-18-6-4-3-5-7-18;2*1-11-3-9-15-16(10-4-12(2)17(11)15)19-22(20,21)14-7-5-13(18)6-8-14/h3-13,15,26H,14H2,1-2H3,(H,25,27);3-13,15,24-25H,14H2,1-2H3;2*3-8,10,19H,9H2,1-2H3. The molecule has 21 heteroatoms. The van der Waals surface area contributed by atoms with Gasteiger partial charge in [-0.3, -0.25) is 23.7 Å². The van der Waals surface area contributed by atoms with Crippen LogP contribution in [-0.4, -0.2) is 39.6 Å². The summed E-state index contributed by atoms with van der Waals surface area (Å²) in [7, 11) is -14.6. The number of carbonyl (C=O) groups excluding carboxylic acids is 1. The van der Waals surface area contributed by atoms with Crippen molar-refractivity contribution in [3.8, 4) is 0 Å². The molecule has 10 aromatic carbocycles. The van der Waals surface area contributed by atoms with Gasteiger partial charge in [0, 0.05) is 32.1 Å². The Bertz CT molecular complexity index is 5350. The monoisotopic (exact) mass is 1520 g/mol. The largest absolute Gasteiger partial charge is 0.356 e. The number of sulfonamides is 4. The highest BCUT2D eigenvalue weighted by Crippen LogP contribution is 2.40. The highest BCUT2D eigenvalue weighted by molar-refractivity contribution is 9.10. The molecule has 0 bridgehead atoms. The lowest BCUT2D eigenvalue weighted by atomic mass is 9.99. The summed E-state index contributed by atoms with van der Waals surface area (Å²) < 4.78 is 113. The Balaban J connectivity index is 0.000000138. The molecule has 0 aromatic heterocycles. The number of amides is 1. The fourth-order valence-corrected chi connectivity index (χ4v) is 17.6. The van der Waals surface area contributed by atoms with Gasteiger partial charge in [0.15, 0.2) is 0 Å². The zero-order valence-corrected chi connectivity index (χ0v) is 62.9. The number of aryl methyl sites for hydroxylation is 4. The van der Waals surface area contributed by atoms with Gasteiger partial charge in [0.05, 0.1) is 42.3 Å². The van der Waals surface area contributed by atoms with Gasteiger partial charge in [0.1, 0.15) is 0 Å². The first-order valence-electron chi connectivity index (χ1n) is 32.7. The number of nitrogens with one attached hydrogen (secondary N) is 6. The summed E-state index contributed by atoms with van der Waals surface area (Å²) in [5, 5.41) is 6.54. The number of carbonyl (C=O) groups is 1. The van der Waals surface area contributed by atoms with Gasteiger partial charge in [0.2, 0.25) is 0 Å². The maximum absolute atomic E-state index is 12.9. The van der Waals surface area contributed by atoms with Crippen molar-refractivity contribution in [1.29, 1.82) is 0 Å². The molecule has 0 atom stereocenters. The number of benzene rings is 10. The zero-order valence-electron chi connectivity index (χ0n) is 57.3. The van der Waals surface area contributed by atoms with E-state index >= 15 is 0 Å². The van der Waals surface area contributed by atoms with Crippen molar-refractivity contribution in [3.05, 3.63) is 312 Å². The van der Waals surface area contributed by atoms with E-state index in [9.17, 15) is 38.5 Å². The van der Waals surface area contributed by atoms with Gasteiger partial charge in [-0.05, 0) is 316 Å². The van der Waals surface area contributed by atoms with E-state index in [2.05, 4.69) is 104 Å². The van der Waals surface area contributed by atoms with Crippen LogP contribution in [0.2, 0.25) is 5.02 Å². The van der Waals surface area contributed by atoms with Crippen LogP contribution in [0.4, 0.5) is 39.8 Å². The second-order valence-corrected chi connectivity index (χ2v) is 33.3. The summed E-state index contributed by atoms with van der Waals surface area (Å²) in [6.45, 7) is 16.4. The molecule has 10 aromatic rings. The minimum atomic E-state index is -3.75. The third-order valence-corrected chi connectivity index (χ3v) is 24.3. The number of hydrogen-bond donors (Lipinski definition) is 6. The van der Waals surface area contributed by atoms with Crippen molar-refractivity contribution in [1.82, 2.24) is 0 Å². The van der Waals surface area contributed by atoms with E-state index < -0.39 is 40.1 Å². The number of anilines is 7. The molecule has 15 nitrogen and oxygen atoms in total. The van der Waals surface area contributed by atoms with Gasteiger partial charge in [-0.25, -0.2) is 33.7 Å². The molecule has 102 heavy (non-hydrogen) atoms. The number of allylic oxidation sites excluding steroid dienone is 8. The topological polar surface area (TPSA) is 226 Å². The Kier molecular flexibility index (Phi) is 22.2. The molecule has 0 radical (unpaired) electrons. The molecular weight excluding hydrogens is 1440 g/mol. The number of para-hydroxylation sites is 1. The highest BCUT2D eigenvalue weighted by atomic mass is 79.9.